The van der Waals surface area contributed by atoms with E-state index in [0.717, 1.165) is 6.07 Å². The lowest BCUT2D eigenvalue weighted by atomic mass is 10.2. The topological polar surface area (TPSA) is 91.7 Å². The second-order valence-corrected chi connectivity index (χ2v) is 6.00. The lowest BCUT2D eigenvalue weighted by molar-refractivity contribution is -0.119. The zero-order valence-corrected chi connectivity index (χ0v) is 14.1. The van der Waals surface area contributed by atoms with E-state index in [1.807, 2.05) is 0 Å². The van der Waals surface area contributed by atoms with Gasteiger partial charge in [-0.3, -0.25) is 14.4 Å². The molecule has 136 valence electrons. The van der Waals surface area contributed by atoms with E-state index >= 15 is 0 Å². The number of hydrogen-bond acceptors (Lipinski definition) is 4. The van der Waals surface area contributed by atoms with E-state index in [-0.39, 0.29) is 23.3 Å². The van der Waals surface area contributed by atoms with Crippen LogP contribution in [0.2, 0.25) is 0 Å². The van der Waals surface area contributed by atoms with Gasteiger partial charge in [0.15, 0.2) is 5.76 Å². The smallest absolute Gasteiger partial charge is 0.290 e. The molecular formula is C18H18FN3O4. The van der Waals surface area contributed by atoms with Crippen LogP contribution in [0.4, 0.5) is 15.8 Å². The molecular weight excluding hydrogens is 341 g/mol. The molecule has 1 atom stereocenters. The van der Waals surface area contributed by atoms with Gasteiger partial charge in [0.05, 0.1) is 12.0 Å². The zero-order valence-electron chi connectivity index (χ0n) is 14.1. The largest absolute Gasteiger partial charge is 0.459 e. The molecule has 2 N–H and O–H groups in total. The maximum atomic E-state index is 13.7. The molecule has 1 saturated heterocycles. The number of nitrogens with zero attached hydrogens (tertiary/aromatic N) is 1. The predicted octanol–water partition coefficient (Wildman–Crippen LogP) is 2.62. The molecule has 0 aliphatic carbocycles. The lowest BCUT2D eigenvalue weighted by Gasteiger charge is -2.23. The van der Waals surface area contributed by atoms with Crippen molar-refractivity contribution in [3.8, 4) is 0 Å². The molecule has 0 saturated carbocycles. The molecule has 1 aromatic carbocycles. The van der Waals surface area contributed by atoms with Gasteiger partial charge in [0.25, 0.3) is 5.91 Å². The summed E-state index contributed by atoms with van der Waals surface area (Å²) in [6.45, 7) is 1.72. The number of furan rings is 1. The SMILES string of the molecule is CC(=O)Nc1cc(NC(=O)C2CCCN2C(=O)c2ccco2)ccc1F. The normalized spacial score (nSPS) is 16.4. The van der Waals surface area contributed by atoms with Crippen molar-refractivity contribution in [3.63, 3.8) is 0 Å². The van der Waals surface area contributed by atoms with Crippen molar-refractivity contribution in [1.29, 1.82) is 0 Å². The third kappa shape index (κ3) is 3.74. The third-order valence-electron chi connectivity index (χ3n) is 4.09. The van der Waals surface area contributed by atoms with Crippen LogP contribution in [0.1, 0.15) is 30.3 Å². The van der Waals surface area contributed by atoms with Gasteiger partial charge in [-0.15, -0.1) is 0 Å². The number of amides is 3. The Morgan fingerprint density at radius 2 is 2.04 bits per heavy atom. The molecule has 1 aliphatic heterocycles. The van der Waals surface area contributed by atoms with Crippen LogP contribution in [0, 0.1) is 5.82 Å². The monoisotopic (exact) mass is 359 g/mol. The lowest BCUT2D eigenvalue weighted by Crippen LogP contribution is -2.43. The number of anilines is 2. The van der Waals surface area contributed by atoms with Gasteiger partial charge in [-0.05, 0) is 43.2 Å². The summed E-state index contributed by atoms with van der Waals surface area (Å²) < 4.78 is 18.8. The molecule has 2 aromatic rings. The third-order valence-corrected chi connectivity index (χ3v) is 4.09. The average Bonchev–Trinajstić information content (AvgIpc) is 3.28. The van der Waals surface area contributed by atoms with Crippen LogP contribution in [0.3, 0.4) is 0 Å². The number of halogens is 1. The van der Waals surface area contributed by atoms with Crippen LogP contribution in [-0.2, 0) is 9.59 Å². The van der Waals surface area contributed by atoms with Gasteiger partial charge < -0.3 is 20.0 Å². The van der Waals surface area contributed by atoms with E-state index in [4.69, 9.17) is 4.42 Å². The molecule has 0 radical (unpaired) electrons. The van der Waals surface area contributed by atoms with Crippen molar-refractivity contribution in [2.75, 3.05) is 17.2 Å². The van der Waals surface area contributed by atoms with Crippen LogP contribution in [0.5, 0.6) is 0 Å². The minimum atomic E-state index is -0.637. The maximum Gasteiger partial charge on any atom is 0.290 e. The van der Waals surface area contributed by atoms with E-state index < -0.39 is 17.8 Å². The molecule has 26 heavy (non-hydrogen) atoms. The summed E-state index contributed by atoms with van der Waals surface area (Å²) in [6, 6.07) is 6.41. The van der Waals surface area contributed by atoms with Crippen LogP contribution < -0.4 is 10.6 Å². The summed E-state index contributed by atoms with van der Waals surface area (Å²) in [6.07, 6.45) is 2.63. The van der Waals surface area contributed by atoms with Crippen molar-refractivity contribution in [3.05, 3.63) is 48.2 Å². The van der Waals surface area contributed by atoms with Crippen molar-refractivity contribution in [2.24, 2.45) is 0 Å². The predicted molar refractivity (Wildman–Crippen MR) is 92.1 cm³/mol. The molecule has 3 rings (SSSR count). The molecule has 7 nitrogen and oxygen atoms in total. The minimum absolute atomic E-state index is 0.0229. The first kappa shape index (κ1) is 17.7. The highest BCUT2D eigenvalue weighted by Crippen LogP contribution is 2.24. The standard InChI is InChI=1S/C18H18FN3O4/c1-11(23)20-14-10-12(6-7-13(14)19)21-17(24)15-4-2-8-22(15)18(25)16-5-3-9-26-16/h3,5-7,9-10,15H,2,4,8H2,1H3,(H,20,23)(H,21,24). The molecule has 0 spiro atoms. The second kappa shape index (κ2) is 7.38. The number of rotatable bonds is 4. The Labute approximate surface area is 149 Å². The molecule has 0 bridgehead atoms. The van der Waals surface area contributed by atoms with Crippen LogP contribution >= 0.6 is 0 Å². The highest BCUT2D eigenvalue weighted by molar-refractivity contribution is 6.01. The zero-order chi connectivity index (χ0) is 18.7. The highest BCUT2D eigenvalue weighted by Gasteiger charge is 2.35. The van der Waals surface area contributed by atoms with Crippen molar-refractivity contribution >= 4 is 29.1 Å². The molecule has 8 heteroatoms. The van der Waals surface area contributed by atoms with Gasteiger partial charge in [-0.25, -0.2) is 4.39 Å². The fourth-order valence-corrected chi connectivity index (χ4v) is 2.94. The fourth-order valence-electron chi connectivity index (χ4n) is 2.94. The maximum absolute atomic E-state index is 13.7. The number of carbonyl (C=O) groups excluding carboxylic acids is 3. The summed E-state index contributed by atoms with van der Waals surface area (Å²) in [7, 11) is 0. The summed E-state index contributed by atoms with van der Waals surface area (Å²) in [5.74, 6) is -1.56. The number of nitrogens with one attached hydrogen (secondary N) is 2. The summed E-state index contributed by atoms with van der Waals surface area (Å²) in [4.78, 5) is 37.6. The van der Waals surface area contributed by atoms with E-state index in [1.54, 1.807) is 12.1 Å². The molecule has 1 fully saturated rings. The van der Waals surface area contributed by atoms with Gasteiger partial charge in [-0.2, -0.15) is 0 Å². The number of carbonyl (C=O) groups is 3. The van der Waals surface area contributed by atoms with Gasteiger partial charge in [0.1, 0.15) is 11.9 Å². The number of benzene rings is 1. The van der Waals surface area contributed by atoms with E-state index in [2.05, 4.69) is 10.6 Å². The average molecular weight is 359 g/mol. The van der Waals surface area contributed by atoms with E-state index in [0.29, 0.717) is 25.1 Å². The molecule has 1 aromatic heterocycles. The van der Waals surface area contributed by atoms with Crippen LogP contribution in [0.15, 0.2) is 41.0 Å². The quantitative estimate of drug-likeness (QED) is 0.878. The Bertz CT molecular complexity index is 835. The molecule has 1 aliphatic rings. The first-order valence-electron chi connectivity index (χ1n) is 8.18. The fraction of sp³-hybridized carbons (Fsp3) is 0.278. The number of hydrogen-bond donors (Lipinski definition) is 2. The van der Waals surface area contributed by atoms with Crippen molar-refractivity contribution in [1.82, 2.24) is 4.90 Å². The van der Waals surface area contributed by atoms with Gasteiger partial charge in [-0.1, -0.05) is 0 Å². The van der Waals surface area contributed by atoms with E-state index in [1.165, 1.54) is 30.2 Å². The molecule has 3 amide bonds. The Morgan fingerprint density at radius 1 is 1.23 bits per heavy atom. The van der Waals surface area contributed by atoms with Gasteiger partial charge >= 0.3 is 0 Å². The van der Waals surface area contributed by atoms with Crippen LogP contribution in [-0.4, -0.2) is 35.2 Å². The Balaban J connectivity index is 1.73. The van der Waals surface area contributed by atoms with Gasteiger partial charge in [0.2, 0.25) is 11.8 Å². The van der Waals surface area contributed by atoms with E-state index in [9.17, 15) is 18.8 Å². The first-order valence-corrected chi connectivity index (χ1v) is 8.18. The first-order chi connectivity index (χ1) is 12.5. The van der Waals surface area contributed by atoms with Crippen LogP contribution in [0.25, 0.3) is 0 Å². The van der Waals surface area contributed by atoms with Gasteiger partial charge in [0, 0.05) is 19.2 Å². The molecule has 2 heterocycles. The Hall–Kier alpha value is -3.16. The summed E-state index contributed by atoms with van der Waals surface area (Å²) in [5, 5.41) is 5.03. The summed E-state index contributed by atoms with van der Waals surface area (Å²) >= 11 is 0. The Kier molecular flexibility index (Phi) is 5.01. The molecule has 1 unspecified atom stereocenters. The second-order valence-electron chi connectivity index (χ2n) is 6.00. The summed E-state index contributed by atoms with van der Waals surface area (Å²) in [5.41, 5.74) is 0.308. The van der Waals surface area contributed by atoms with Crippen molar-refractivity contribution < 1.29 is 23.2 Å². The Morgan fingerprint density at radius 3 is 2.73 bits per heavy atom. The minimum Gasteiger partial charge on any atom is -0.459 e. The highest BCUT2D eigenvalue weighted by atomic mass is 19.1. The van der Waals surface area contributed by atoms with Crippen molar-refractivity contribution in [2.45, 2.75) is 25.8 Å². The number of likely N-dealkylation sites (tertiary alicyclic amines) is 1.